The quantitative estimate of drug-likeness (QED) is 0.147. The van der Waals surface area contributed by atoms with Gasteiger partial charge in [0.05, 0.1) is 0 Å². The molecule has 1 aromatic rings. The van der Waals surface area contributed by atoms with Gasteiger partial charge in [0, 0.05) is 6.42 Å². The highest BCUT2D eigenvalue weighted by Gasteiger charge is 2.25. The molecular formula is C29H49N3O4. The van der Waals surface area contributed by atoms with E-state index in [0.29, 0.717) is 6.42 Å². The Labute approximate surface area is 218 Å². The third kappa shape index (κ3) is 16.2. The molecule has 0 aliphatic heterocycles. The minimum atomic E-state index is -0.815. The lowest BCUT2D eigenvalue weighted by Gasteiger charge is -2.21. The molecule has 7 nitrogen and oxygen atoms in total. The molecule has 0 aromatic heterocycles. The maximum Gasteiger partial charge on any atom is 0.408 e. The van der Waals surface area contributed by atoms with Crippen molar-refractivity contribution in [2.75, 3.05) is 0 Å². The van der Waals surface area contributed by atoms with Crippen LogP contribution in [0.25, 0.3) is 0 Å². The van der Waals surface area contributed by atoms with E-state index < -0.39 is 18.0 Å². The van der Waals surface area contributed by atoms with Gasteiger partial charge in [-0.15, -0.1) is 0 Å². The first-order valence-electron chi connectivity index (χ1n) is 14.0. The number of hydrazine groups is 1. The summed E-state index contributed by atoms with van der Waals surface area (Å²) >= 11 is 0. The van der Waals surface area contributed by atoms with Crippen LogP contribution in [0.15, 0.2) is 30.3 Å². The van der Waals surface area contributed by atoms with E-state index in [1.54, 1.807) is 0 Å². The van der Waals surface area contributed by atoms with Crippen LogP contribution in [-0.2, 0) is 20.9 Å². The molecule has 0 spiro atoms. The van der Waals surface area contributed by atoms with Crippen LogP contribution in [0.5, 0.6) is 0 Å². The minimum Gasteiger partial charge on any atom is -0.445 e. The molecule has 3 N–H and O–H groups in total. The van der Waals surface area contributed by atoms with Gasteiger partial charge in [0.15, 0.2) is 0 Å². The molecule has 1 atom stereocenters. The van der Waals surface area contributed by atoms with E-state index in [0.717, 1.165) is 24.8 Å². The van der Waals surface area contributed by atoms with Gasteiger partial charge in [0.2, 0.25) is 5.91 Å². The SMILES string of the molecule is CCCCCCCCCCCCCCCC(=O)NNC(=O)[C@@H](NC(=O)OCc1ccccc1)C(C)C. The summed E-state index contributed by atoms with van der Waals surface area (Å²) in [6.07, 6.45) is 16.0. The zero-order valence-electron chi connectivity index (χ0n) is 22.8. The molecule has 0 fully saturated rings. The maximum absolute atomic E-state index is 12.5. The Morgan fingerprint density at radius 1 is 0.750 bits per heavy atom. The number of ether oxygens (including phenoxy) is 1. The van der Waals surface area contributed by atoms with Crippen molar-refractivity contribution >= 4 is 17.9 Å². The molecule has 1 rings (SSSR count). The lowest BCUT2D eigenvalue weighted by atomic mass is 10.0. The first kappa shape index (κ1) is 31.5. The molecule has 3 amide bonds. The summed E-state index contributed by atoms with van der Waals surface area (Å²) in [6.45, 7) is 6.00. The predicted molar refractivity (Wildman–Crippen MR) is 145 cm³/mol. The summed E-state index contributed by atoms with van der Waals surface area (Å²) in [5.74, 6) is -0.867. The number of amides is 3. The first-order chi connectivity index (χ1) is 17.4. The number of rotatable bonds is 19. The Balaban J connectivity index is 2.09. The van der Waals surface area contributed by atoms with Crippen LogP contribution in [0.4, 0.5) is 4.79 Å². The van der Waals surface area contributed by atoms with Crippen LogP contribution in [-0.4, -0.2) is 23.9 Å². The number of nitrogens with one attached hydrogen (secondary N) is 3. The summed E-state index contributed by atoms with van der Waals surface area (Å²) in [7, 11) is 0. The van der Waals surface area contributed by atoms with Gasteiger partial charge in [-0.1, -0.05) is 128 Å². The molecule has 1 aromatic carbocycles. The van der Waals surface area contributed by atoms with E-state index in [2.05, 4.69) is 23.1 Å². The molecule has 0 unspecified atom stereocenters. The van der Waals surface area contributed by atoms with Crippen LogP contribution in [0, 0.1) is 5.92 Å². The minimum absolute atomic E-state index is 0.120. The molecule has 0 aliphatic carbocycles. The summed E-state index contributed by atoms with van der Waals surface area (Å²) in [5.41, 5.74) is 5.75. The van der Waals surface area contributed by atoms with Gasteiger partial charge in [-0.2, -0.15) is 0 Å². The Morgan fingerprint density at radius 3 is 1.81 bits per heavy atom. The Bertz CT molecular complexity index is 724. The average Bonchev–Trinajstić information content (AvgIpc) is 2.87. The Hall–Kier alpha value is -2.57. The second kappa shape index (κ2) is 20.6. The summed E-state index contributed by atoms with van der Waals surface area (Å²) < 4.78 is 5.20. The van der Waals surface area contributed by atoms with Crippen molar-refractivity contribution in [1.29, 1.82) is 0 Å². The normalized spacial score (nSPS) is 11.7. The highest BCUT2D eigenvalue weighted by Crippen LogP contribution is 2.13. The van der Waals surface area contributed by atoms with E-state index in [1.165, 1.54) is 64.2 Å². The average molecular weight is 504 g/mol. The molecule has 0 bridgehead atoms. The smallest absolute Gasteiger partial charge is 0.408 e. The summed E-state index contributed by atoms with van der Waals surface area (Å²) in [5, 5.41) is 2.58. The molecule has 36 heavy (non-hydrogen) atoms. The topological polar surface area (TPSA) is 96.5 Å². The fourth-order valence-corrected chi connectivity index (χ4v) is 4.00. The number of hydrogen-bond acceptors (Lipinski definition) is 4. The molecule has 0 heterocycles. The van der Waals surface area contributed by atoms with Gasteiger partial charge in [0.1, 0.15) is 12.6 Å². The van der Waals surface area contributed by atoms with Crippen molar-refractivity contribution in [3.05, 3.63) is 35.9 Å². The molecule has 0 saturated heterocycles. The van der Waals surface area contributed by atoms with E-state index >= 15 is 0 Å². The molecular weight excluding hydrogens is 454 g/mol. The van der Waals surface area contributed by atoms with Crippen molar-refractivity contribution < 1.29 is 19.1 Å². The van der Waals surface area contributed by atoms with Crippen molar-refractivity contribution in [1.82, 2.24) is 16.2 Å². The zero-order valence-corrected chi connectivity index (χ0v) is 22.8. The number of benzene rings is 1. The van der Waals surface area contributed by atoms with E-state index in [-0.39, 0.29) is 18.4 Å². The van der Waals surface area contributed by atoms with Gasteiger partial charge < -0.3 is 10.1 Å². The van der Waals surface area contributed by atoms with Gasteiger partial charge in [0.25, 0.3) is 5.91 Å². The van der Waals surface area contributed by atoms with Crippen LogP contribution >= 0.6 is 0 Å². The van der Waals surface area contributed by atoms with Crippen LogP contribution in [0.1, 0.15) is 116 Å². The molecule has 0 radical (unpaired) electrons. The van der Waals surface area contributed by atoms with E-state index in [1.807, 2.05) is 44.2 Å². The fraction of sp³-hybridized carbons (Fsp3) is 0.690. The second-order valence-corrected chi connectivity index (χ2v) is 9.96. The number of alkyl carbamates (subject to hydrolysis) is 1. The summed E-state index contributed by atoms with van der Waals surface area (Å²) in [4.78, 5) is 36.7. The number of carbonyl (C=O) groups is 3. The fourth-order valence-electron chi connectivity index (χ4n) is 4.00. The lowest BCUT2D eigenvalue weighted by Crippen LogP contribution is -2.54. The third-order valence-corrected chi connectivity index (χ3v) is 6.27. The van der Waals surface area contributed by atoms with Crippen LogP contribution in [0.2, 0.25) is 0 Å². The van der Waals surface area contributed by atoms with Crippen LogP contribution in [0.3, 0.4) is 0 Å². The molecule has 204 valence electrons. The highest BCUT2D eigenvalue weighted by molar-refractivity contribution is 5.88. The van der Waals surface area contributed by atoms with Gasteiger partial charge in [-0.25, -0.2) is 4.79 Å². The Morgan fingerprint density at radius 2 is 1.28 bits per heavy atom. The van der Waals surface area contributed by atoms with Crippen molar-refractivity contribution in [3.8, 4) is 0 Å². The Kier molecular flexibility index (Phi) is 18.0. The summed E-state index contributed by atoms with van der Waals surface area (Å²) in [6, 6.07) is 8.50. The highest BCUT2D eigenvalue weighted by atomic mass is 16.5. The molecule has 0 aliphatic rings. The molecule has 7 heteroatoms. The van der Waals surface area contributed by atoms with Gasteiger partial charge in [-0.05, 0) is 17.9 Å². The number of unbranched alkanes of at least 4 members (excludes halogenated alkanes) is 12. The van der Waals surface area contributed by atoms with E-state index in [9.17, 15) is 14.4 Å². The van der Waals surface area contributed by atoms with Crippen molar-refractivity contribution in [3.63, 3.8) is 0 Å². The van der Waals surface area contributed by atoms with Crippen molar-refractivity contribution in [2.45, 2.75) is 123 Å². The van der Waals surface area contributed by atoms with Gasteiger partial charge >= 0.3 is 6.09 Å². The standard InChI is InChI=1S/C29H49N3O4/c1-4-5-6-7-8-9-10-11-12-13-14-15-19-22-26(33)31-32-28(34)27(24(2)3)30-29(35)36-23-25-20-17-16-18-21-25/h16-18,20-21,24,27H,4-15,19,22-23H2,1-3H3,(H,30,35)(H,31,33)(H,32,34)/t27-/m0/s1. The first-order valence-corrected chi connectivity index (χ1v) is 14.0. The maximum atomic E-state index is 12.5. The zero-order chi connectivity index (χ0) is 26.4. The second-order valence-electron chi connectivity index (χ2n) is 9.96. The molecule has 0 saturated carbocycles. The monoisotopic (exact) mass is 503 g/mol. The van der Waals surface area contributed by atoms with Gasteiger partial charge in [-0.3, -0.25) is 20.4 Å². The van der Waals surface area contributed by atoms with Crippen LogP contribution < -0.4 is 16.2 Å². The van der Waals surface area contributed by atoms with Crippen molar-refractivity contribution in [2.24, 2.45) is 5.92 Å². The number of hydrogen-bond donors (Lipinski definition) is 3. The largest absolute Gasteiger partial charge is 0.445 e. The third-order valence-electron chi connectivity index (χ3n) is 6.27. The van der Waals surface area contributed by atoms with E-state index in [4.69, 9.17) is 4.74 Å². The number of carbonyl (C=O) groups excluding carboxylic acids is 3. The predicted octanol–water partition coefficient (Wildman–Crippen LogP) is 6.57. The lowest BCUT2D eigenvalue weighted by molar-refractivity contribution is -0.130.